The minimum Gasteiger partial charge on any atom is -0.382 e. The van der Waals surface area contributed by atoms with E-state index in [4.69, 9.17) is 4.98 Å². The lowest BCUT2D eigenvalue weighted by Gasteiger charge is -2.34. The second-order valence-electron chi connectivity index (χ2n) is 7.61. The van der Waals surface area contributed by atoms with E-state index in [0.717, 1.165) is 43.0 Å². The van der Waals surface area contributed by atoms with Gasteiger partial charge in [0.25, 0.3) is 5.78 Å². The van der Waals surface area contributed by atoms with E-state index in [9.17, 15) is 0 Å². The minimum atomic E-state index is 0.481. The normalized spacial score (nSPS) is 15.0. The zero-order valence-corrected chi connectivity index (χ0v) is 16.5. The van der Waals surface area contributed by atoms with Crippen LogP contribution in [0.5, 0.6) is 0 Å². The fraction of sp³-hybridized carbons (Fsp3) is 0.261. The molecule has 1 aliphatic rings. The molecule has 4 aromatic rings. The zero-order chi connectivity index (χ0) is 19.6. The van der Waals surface area contributed by atoms with Gasteiger partial charge in [-0.05, 0) is 37.5 Å². The first-order valence-corrected chi connectivity index (χ1v) is 10.1. The Morgan fingerprint density at radius 1 is 0.966 bits per heavy atom. The van der Waals surface area contributed by atoms with Gasteiger partial charge in [0.15, 0.2) is 0 Å². The van der Waals surface area contributed by atoms with Crippen molar-refractivity contribution in [1.29, 1.82) is 0 Å². The van der Waals surface area contributed by atoms with Crippen molar-refractivity contribution in [2.75, 3.05) is 23.3 Å². The van der Waals surface area contributed by atoms with Gasteiger partial charge in [-0.1, -0.05) is 42.5 Å². The van der Waals surface area contributed by atoms with Gasteiger partial charge >= 0.3 is 0 Å². The van der Waals surface area contributed by atoms with Crippen molar-refractivity contribution in [3.63, 3.8) is 0 Å². The number of nitrogens with zero attached hydrogens (tertiary/aromatic N) is 5. The summed E-state index contributed by atoms with van der Waals surface area (Å²) >= 11 is 0. The second-order valence-corrected chi connectivity index (χ2v) is 7.61. The Balaban J connectivity index is 1.37. The van der Waals surface area contributed by atoms with Crippen LogP contribution in [0.4, 0.5) is 11.5 Å². The van der Waals surface area contributed by atoms with E-state index < -0.39 is 0 Å². The summed E-state index contributed by atoms with van der Waals surface area (Å²) in [4.78, 5) is 11.4. The molecule has 6 heteroatoms. The van der Waals surface area contributed by atoms with Gasteiger partial charge in [0.2, 0.25) is 0 Å². The highest BCUT2D eigenvalue weighted by Gasteiger charge is 2.22. The average molecular weight is 384 g/mol. The van der Waals surface area contributed by atoms with Crippen molar-refractivity contribution < 1.29 is 0 Å². The fourth-order valence-corrected chi connectivity index (χ4v) is 4.00. The number of hydrogen-bond acceptors (Lipinski definition) is 5. The number of aryl methyl sites for hydroxylation is 1. The predicted molar refractivity (Wildman–Crippen MR) is 116 cm³/mol. The summed E-state index contributed by atoms with van der Waals surface area (Å²) in [5.74, 6) is 1.70. The van der Waals surface area contributed by atoms with Crippen LogP contribution in [-0.2, 0) is 0 Å². The molecule has 5 rings (SSSR count). The molecule has 0 radical (unpaired) electrons. The van der Waals surface area contributed by atoms with E-state index in [1.54, 1.807) is 6.33 Å². The Morgan fingerprint density at radius 2 is 1.79 bits per heavy atom. The highest BCUT2D eigenvalue weighted by atomic mass is 15.4. The third-order valence-electron chi connectivity index (χ3n) is 5.51. The molecule has 2 aromatic heterocycles. The van der Waals surface area contributed by atoms with Crippen LogP contribution in [0.25, 0.3) is 17.0 Å². The maximum Gasteiger partial charge on any atom is 0.254 e. The standard InChI is InChI=1S/C23H24N6/c1-17-6-5-9-20(14-17)26-19-10-12-28(13-11-19)22-15-21(18-7-3-2-4-8-18)27-23-24-16-25-29(22)23/h2-9,14-16,19,26H,10-13H2,1H3. The third kappa shape index (κ3) is 3.66. The topological polar surface area (TPSA) is 58.3 Å². The van der Waals surface area contributed by atoms with Crippen molar-refractivity contribution in [3.8, 4) is 11.3 Å². The molecule has 1 saturated heterocycles. The van der Waals surface area contributed by atoms with E-state index in [2.05, 4.69) is 69.7 Å². The second kappa shape index (κ2) is 7.54. The van der Waals surface area contributed by atoms with Crippen molar-refractivity contribution in [2.24, 2.45) is 0 Å². The number of aromatic nitrogens is 4. The maximum absolute atomic E-state index is 4.69. The summed E-state index contributed by atoms with van der Waals surface area (Å²) in [6.07, 6.45) is 3.73. The summed E-state index contributed by atoms with van der Waals surface area (Å²) in [6.45, 7) is 4.07. The van der Waals surface area contributed by atoms with Gasteiger partial charge in [-0.25, -0.2) is 4.98 Å². The van der Waals surface area contributed by atoms with Crippen molar-refractivity contribution in [3.05, 3.63) is 72.6 Å². The number of nitrogens with one attached hydrogen (secondary N) is 1. The van der Waals surface area contributed by atoms with Crippen LogP contribution in [0.2, 0.25) is 0 Å². The molecule has 0 amide bonds. The van der Waals surface area contributed by atoms with E-state index >= 15 is 0 Å². The molecule has 29 heavy (non-hydrogen) atoms. The van der Waals surface area contributed by atoms with Gasteiger partial charge in [-0.15, -0.1) is 0 Å². The SMILES string of the molecule is Cc1cccc(NC2CCN(c3cc(-c4ccccc4)nc4ncnn34)CC2)c1. The van der Waals surface area contributed by atoms with Crippen molar-refractivity contribution in [2.45, 2.75) is 25.8 Å². The summed E-state index contributed by atoms with van der Waals surface area (Å²) in [7, 11) is 0. The summed E-state index contributed by atoms with van der Waals surface area (Å²) in [5, 5.41) is 8.10. The molecule has 146 valence electrons. The Bertz CT molecular complexity index is 1110. The van der Waals surface area contributed by atoms with E-state index in [-0.39, 0.29) is 0 Å². The van der Waals surface area contributed by atoms with Crippen LogP contribution < -0.4 is 10.2 Å². The average Bonchev–Trinajstić information content (AvgIpc) is 3.23. The zero-order valence-electron chi connectivity index (χ0n) is 16.5. The van der Waals surface area contributed by atoms with Gasteiger partial charge in [0.05, 0.1) is 5.69 Å². The van der Waals surface area contributed by atoms with Gasteiger partial charge in [-0.2, -0.15) is 14.6 Å². The van der Waals surface area contributed by atoms with Crippen LogP contribution in [0.1, 0.15) is 18.4 Å². The lowest BCUT2D eigenvalue weighted by molar-refractivity contribution is 0.520. The molecule has 0 spiro atoms. The molecule has 1 fully saturated rings. The molecule has 0 saturated carbocycles. The van der Waals surface area contributed by atoms with Gasteiger partial charge < -0.3 is 10.2 Å². The lowest BCUT2D eigenvalue weighted by Crippen LogP contribution is -2.40. The van der Waals surface area contributed by atoms with Gasteiger partial charge in [0.1, 0.15) is 12.1 Å². The monoisotopic (exact) mass is 384 g/mol. The number of rotatable bonds is 4. The molecule has 2 aromatic carbocycles. The smallest absolute Gasteiger partial charge is 0.254 e. The first kappa shape index (κ1) is 17.7. The highest BCUT2D eigenvalue weighted by molar-refractivity contribution is 5.65. The number of piperidine rings is 1. The molecule has 0 atom stereocenters. The lowest BCUT2D eigenvalue weighted by atomic mass is 10.0. The van der Waals surface area contributed by atoms with Gasteiger partial charge in [-0.3, -0.25) is 0 Å². The number of anilines is 2. The molecular formula is C23H24N6. The summed E-state index contributed by atoms with van der Waals surface area (Å²) in [5.41, 5.74) is 4.51. The van der Waals surface area contributed by atoms with Crippen molar-refractivity contribution in [1.82, 2.24) is 19.6 Å². The Labute approximate surface area is 170 Å². The highest BCUT2D eigenvalue weighted by Crippen LogP contribution is 2.26. The number of benzene rings is 2. The molecule has 1 N–H and O–H groups in total. The number of hydrogen-bond donors (Lipinski definition) is 1. The maximum atomic E-state index is 4.69. The summed E-state index contributed by atoms with van der Waals surface area (Å²) < 4.78 is 1.85. The molecular weight excluding hydrogens is 360 g/mol. The Kier molecular flexibility index (Phi) is 4.60. The quantitative estimate of drug-likeness (QED) is 0.572. The van der Waals surface area contributed by atoms with Crippen LogP contribution in [-0.4, -0.2) is 38.7 Å². The molecule has 0 bridgehead atoms. The van der Waals surface area contributed by atoms with E-state index in [0.29, 0.717) is 11.8 Å². The van der Waals surface area contributed by atoms with E-state index in [1.807, 2.05) is 22.7 Å². The Hall–Kier alpha value is -3.41. The van der Waals surface area contributed by atoms with Crippen molar-refractivity contribution >= 4 is 17.3 Å². The number of fused-ring (bicyclic) bond motifs is 1. The fourth-order valence-electron chi connectivity index (χ4n) is 4.00. The largest absolute Gasteiger partial charge is 0.382 e. The molecule has 6 nitrogen and oxygen atoms in total. The Morgan fingerprint density at radius 3 is 2.59 bits per heavy atom. The van der Waals surface area contributed by atoms with Crippen LogP contribution >= 0.6 is 0 Å². The molecule has 3 heterocycles. The predicted octanol–water partition coefficient (Wildman–Crippen LogP) is 4.18. The third-order valence-corrected chi connectivity index (χ3v) is 5.51. The van der Waals surface area contributed by atoms with Crippen LogP contribution in [0.15, 0.2) is 67.0 Å². The van der Waals surface area contributed by atoms with E-state index in [1.165, 1.54) is 11.3 Å². The van der Waals surface area contributed by atoms with Crippen LogP contribution in [0, 0.1) is 6.92 Å². The minimum absolute atomic E-state index is 0.481. The molecule has 0 unspecified atom stereocenters. The summed E-state index contributed by atoms with van der Waals surface area (Å²) in [6, 6.07) is 21.5. The first-order chi connectivity index (χ1) is 14.3. The molecule has 0 aliphatic carbocycles. The molecule has 1 aliphatic heterocycles. The van der Waals surface area contributed by atoms with Gasteiger partial charge in [0, 0.05) is 36.4 Å². The van der Waals surface area contributed by atoms with Crippen LogP contribution in [0.3, 0.4) is 0 Å². The first-order valence-electron chi connectivity index (χ1n) is 10.1.